The monoisotopic (exact) mass is 250 g/mol. The molecule has 0 spiro atoms. The molecule has 0 aliphatic rings. The maximum Gasteiger partial charge on any atom is 0.339 e. The fourth-order valence-electron chi connectivity index (χ4n) is 0.930. The van der Waals surface area contributed by atoms with Crippen LogP contribution in [0.3, 0.4) is 0 Å². The quantitative estimate of drug-likeness (QED) is 0.822. The molecule has 5 nitrogen and oxygen atoms in total. The molecule has 0 aliphatic carbocycles. The van der Waals surface area contributed by atoms with Crippen molar-refractivity contribution in [1.82, 2.24) is 0 Å². The largest absolute Gasteiger partial charge is 0.339 e. The number of hydrogen-bond donors (Lipinski definition) is 1. The number of benzene rings is 1. The predicted octanol–water partition coefficient (Wildman–Crippen LogP) is 1.52. The summed E-state index contributed by atoms with van der Waals surface area (Å²) >= 11 is 0. The molecule has 0 aliphatic heterocycles. The Morgan fingerprint density at radius 1 is 1.27 bits per heavy atom. The lowest BCUT2D eigenvalue weighted by atomic mass is 10.2. The highest BCUT2D eigenvalue weighted by atomic mass is 32.2. The summed E-state index contributed by atoms with van der Waals surface area (Å²) in [5.41, 5.74) is 0.887. The molecule has 0 saturated carbocycles. The highest BCUT2D eigenvalue weighted by Gasteiger charge is 2.24. The van der Waals surface area contributed by atoms with Crippen LogP contribution < -0.4 is 0 Å². The molecule has 84 valence electrons. The van der Waals surface area contributed by atoms with E-state index in [1.807, 2.05) is 0 Å². The molecule has 1 rings (SSSR count). The van der Waals surface area contributed by atoms with Crippen molar-refractivity contribution in [2.75, 3.05) is 6.66 Å². The molecule has 1 aromatic carbocycles. The SMILES string of the molecule is Cc1ccc(S(=O)(=O)OP(C)(=O)O)cc1. The van der Waals surface area contributed by atoms with E-state index in [1.165, 1.54) is 12.1 Å². The first kappa shape index (κ1) is 12.4. The van der Waals surface area contributed by atoms with Gasteiger partial charge in [-0.05, 0) is 19.1 Å². The highest BCUT2D eigenvalue weighted by molar-refractivity contribution is 7.91. The molecule has 15 heavy (non-hydrogen) atoms. The van der Waals surface area contributed by atoms with Crippen LogP contribution in [-0.2, 0) is 18.7 Å². The van der Waals surface area contributed by atoms with Crippen LogP contribution in [0, 0.1) is 6.92 Å². The van der Waals surface area contributed by atoms with Gasteiger partial charge in [-0.3, -0.25) is 4.57 Å². The van der Waals surface area contributed by atoms with E-state index in [0.717, 1.165) is 12.2 Å². The second-order valence-electron chi connectivity index (χ2n) is 3.14. The Balaban J connectivity index is 3.07. The number of hydrogen-bond acceptors (Lipinski definition) is 4. The van der Waals surface area contributed by atoms with E-state index in [-0.39, 0.29) is 4.90 Å². The molecule has 0 bridgehead atoms. The van der Waals surface area contributed by atoms with Gasteiger partial charge in [0.1, 0.15) is 0 Å². The van der Waals surface area contributed by atoms with E-state index < -0.39 is 17.7 Å². The van der Waals surface area contributed by atoms with Gasteiger partial charge in [-0.1, -0.05) is 17.7 Å². The number of aryl methyl sites for hydroxylation is 1. The van der Waals surface area contributed by atoms with Gasteiger partial charge < -0.3 is 4.89 Å². The van der Waals surface area contributed by atoms with Crippen LogP contribution in [0.25, 0.3) is 0 Å². The minimum absolute atomic E-state index is 0.135. The van der Waals surface area contributed by atoms with Crippen LogP contribution in [-0.4, -0.2) is 20.0 Å². The Morgan fingerprint density at radius 3 is 2.13 bits per heavy atom. The van der Waals surface area contributed by atoms with Crippen LogP contribution in [0.4, 0.5) is 0 Å². The number of rotatable bonds is 3. The van der Waals surface area contributed by atoms with Gasteiger partial charge in [0, 0.05) is 6.66 Å². The Hall–Kier alpha value is -0.680. The molecule has 0 fully saturated rings. The van der Waals surface area contributed by atoms with Crippen molar-refractivity contribution in [3.8, 4) is 0 Å². The average Bonchev–Trinajstić information content (AvgIpc) is 2.00. The minimum atomic E-state index is -4.15. The van der Waals surface area contributed by atoms with Crippen LogP contribution in [0.5, 0.6) is 0 Å². The first-order chi connectivity index (χ1) is 6.71. The van der Waals surface area contributed by atoms with E-state index in [9.17, 15) is 13.0 Å². The zero-order chi connectivity index (χ0) is 11.7. The molecule has 0 heterocycles. The molecule has 1 aromatic rings. The van der Waals surface area contributed by atoms with Gasteiger partial charge in [0.05, 0.1) is 4.90 Å². The van der Waals surface area contributed by atoms with E-state index in [1.54, 1.807) is 19.1 Å². The third kappa shape index (κ3) is 3.76. The molecule has 1 atom stereocenters. The molecule has 0 aromatic heterocycles. The first-order valence-corrected chi connectivity index (χ1v) is 7.47. The topological polar surface area (TPSA) is 80.7 Å². The van der Waals surface area contributed by atoms with Gasteiger partial charge in [0.25, 0.3) is 0 Å². The Kier molecular flexibility index (Phi) is 3.35. The summed E-state index contributed by atoms with van der Waals surface area (Å²) in [6.07, 6.45) is 0. The van der Waals surface area contributed by atoms with Crippen molar-refractivity contribution in [1.29, 1.82) is 0 Å². The van der Waals surface area contributed by atoms with Crippen LogP contribution in [0.1, 0.15) is 5.56 Å². The predicted molar refractivity (Wildman–Crippen MR) is 55.2 cm³/mol. The molecular formula is C8H11O5PS. The van der Waals surface area contributed by atoms with Crippen molar-refractivity contribution in [2.24, 2.45) is 0 Å². The molecular weight excluding hydrogens is 239 g/mol. The van der Waals surface area contributed by atoms with E-state index in [4.69, 9.17) is 4.89 Å². The summed E-state index contributed by atoms with van der Waals surface area (Å²) in [6.45, 7) is 2.62. The standard InChI is InChI=1S/C8H11O5PS/c1-7-3-5-8(6-4-7)15(11,12)13-14(2,9)10/h3-6H,1-2H3,(H,9,10). The summed E-state index contributed by atoms with van der Waals surface area (Å²) in [5.74, 6) is 0. The zero-order valence-electron chi connectivity index (χ0n) is 8.25. The molecule has 1 unspecified atom stereocenters. The molecule has 0 saturated heterocycles. The molecule has 7 heteroatoms. The molecule has 0 amide bonds. The van der Waals surface area contributed by atoms with Crippen molar-refractivity contribution in [3.63, 3.8) is 0 Å². The van der Waals surface area contributed by atoms with Gasteiger partial charge in [-0.25, -0.2) is 0 Å². The van der Waals surface area contributed by atoms with Gasteiger partial charge in [-0.2, -0.15) is 12.4 Å². The Morgan fingerprint density at radius 2 is 1.73 bits per heavy atom. The Labute approximate surface area is 88.4 Å². The lowest BCUT2D eigenvalue weighted by Crippen LogP contribution is -2.04. The maximum atomic E-state index is 11.4. The average molecular weight is 250 g/mol. The smallest absolute Gasteiger partial charge is 0.324 e. The third-order valence-corrected chi connectivity index (χ3v) is 4.29. The van der Waals surface area contributed by atoms with E-state index in [2.05, 4.69) is 3.97 Å². The van der Waals surface area contributed by atoms with Crippen LogP contribution in [0.2, 0.25) is 0 Å². The summed E-state index contributed by atoms with van der Waals surface area (Å²) in [4.78, 5) is 8.69. The molecule has 1 N–H and O–H groups in total. The normalized spacial score (nSPS) is 15.9. The molecule has 0 radical (unpaired) electrons. The first-order valence-electron chi connectivity index (χ1n) is 4.04. The zero-order valence-corrected chi connectivity index (χ0v) is 9.96. The van der Waals surface area contributed by atoms with Crippen LogP contribution >= 0.6 is 7.60 Å². The maximum absolute atomic E-state index is 11.4. The third-order valence-electron chi connectivity index (χ3n) is 1.55. The second-order valence-corrected chi connectivity index (χ2v) is 6.73. The lowest BCUT2D eigenvalue weighted by molar-refractivity contribution is 0.384. The van der Waals surface area contributed by atoms with Gasteiger partial charge in [-0.15, -0.1) is 0 Å². The van der Waals surface area contributed by atoms with E-state index in [0.29, 0.717) is 0 Å². The second kappa shape index (κ2) is 4.06. The van der Waals surface area contributed by atoms with Crippen LogP contribution in [0.15, 0.2) is 29.2 Å². The Bertz CT molecular complexity index is 484. The van der Waals surface area contributed by atoms with Gasteiger partial charge in [0.15, 0.2) is 0 Å². The fourth-order valence-corrected chi connectivity index (χ4v) is 3.20. The summed E-state index contributed by atoms with van der Waals surface area (Å²) in [7, 11) is -8.20. The minimum Gasteiger partial charge on any atom is -0.324 e. The fraction of sp³-hybridized carbons (Fsp3) is 0.250. The summed E-state index contributed by atoms with van der Waals surface area (Å²) in [5, 5.41) is 0. The summed E-state index contributed by atoms with van der Waals surface area (Å²) < 4.78 is 37.8. The van der Waals surface area contributed by atoms with E-state index >= 15 is 0 Å². The van der Waals surface area contributed by atoms with Crippen molar-refractivity contribution < 1.29 is 21.8 Å². The lowest BCUT2D eigenvalue weighted by Gasteiger charge is -2.07. The van der Waals surface area contributed by atoms with Gasteiger partial charge >= 0.3 is 17.7 Å². The highest BCUT2D eigenvalue weighted by Crippen LogP contribution is 2.40. The van der Waals surface area contributed by atoms with Crippen molar-refractivity contribution >= 4 is 17.7 Å². The van der Waals surface area contributed by atoms with Crippen molar-refractivity contribution in [3.05, 3.63) is 29.8 Å². The van der Waals surface area contributed by atoms with Crippen molar-refractivity contribution in [2.45, 2.75) is 11.8 Å². The summed E-state index contributed by atoms with van der Waals surface area (Å²) in [6, 6.07) is 5.79. The van der Waals surface area contributed by atoms with Gasteiger partial charge in [0.2, 0.25) is 0 Å².